The number of benzene rings is 1. The number of aromatic nitrogens is 2. The summed E-state index contributed by atoms with van der Waals surface area (Å²) in [6.07, 6.45) is 7.27. The average Bonchev–Trinajstić information content (AvgIpc) is 2.90. The van der Waals surface area contributed by atoms with Gasteiger partial charge in [0.1, 0.15) is 0 Å². The molecule has 18 heavy (non-hydrogen) atoms. The fourth-order valence-electron chi connectivity index (χ4n) is 1.63. The Morgan fingerprint density at radius 3 is 2.67 bits per heavy atom. The van der Waals surface area contributed by atoms with Gasteiger partial charge >= 0.3 is 0 Å². The van der Waals surface area contributed by atoms with Crippen molar-refractivity contribution in [3.05, 3.63) is 64.4 Å². The maximum atomic E-state index is 10.7. The van der Waals surface area contributed by atoms with Gasteiger partial charge in [-0.2, -0.15) is 0 Å². The second-order valence-corrected chi connectivity index (χ2v) is 3.81. The van der Waals surface area contributed by atoms with Crippen LogP contribution < -0.4 is 0 Å². The molecule has 0 fully saturated rings. The van der Waals surface area contributed by atoms with Crippen LogP contribution in [0.4, 0.5) is 0 Å². The van der Waals surface area contributed by atoms with Crippen molar-refractivity contribution in [1.29, 1.82) is 0 Å². The van der Waals surface area contributed by atoms with E-state index in [0.717, 1.165) is 11.3 Å². The highest BCUT2D eigenvalue weighted by molar-refractivity contribution is 5.53. The number of nitro groups is 1. The van der Waals surface area contributed by atoms with E-state index in [1.54, 1.807) is 25.5 Å². The van der Waals surface area contributed by atoms with Gasteiger partial charge < -0.3 is 4.57 Å². The molecule has 92 valence electrons. The van der Waals surface area contributed by atoms with Gasteiger partial charge in [-0.05, 0) is 17.7 Å². The normalized spacial score (nSPS) is 11.5. The molecule has 0 unspecified atom stereocenters. The van der Waals surface area contributed by atoms with Crippen molar-refractivity contribution in [2.75, 3.05) is 0 Å². The molecule has 0 spiro atoms. The Kier molecular flexibility index (Phi) is 3.52. The van der Waals surface area contributed by atoms with Crippen molar-refractivity contribution in [3.8, 4) is 5.69 Å². The summed E-state index contributed by atoms with van der Waals surface area (Å²) in [5, 5.41) is 10.7. The van der Waals surface area contributed by atoms with Crippen molar-refractivity contribution < 1.29 is 4.92 Å². The Morgan fingerprint density at radius 2 is 2.17 bits per heavy atom. The topological polar surface area (TPSA) is 61.0 Å². The number of imidazole rings is 1. The summed E-state index contributed by atoms with van der Waals surface area (Å²) >= 11 is 0. The zero-order chi connectivity index (χ0) is 13.0. The van der Waals surface area contributed by atoms with Gasteiger partial charge in [0.25, 0.3) is 0 Å². The van der Waals surface area contributed by atoms with E-state index in [1.807, 2.05) is 35.0 Å². The van der Waals surface area contributed by atoms with E-state index in [1.165, 1.54) is 0 Å². The quantitative estimate of drug-likeness (QED) is 0.612. The number of hydrogen-bond donors (Lipinski definition) is 0. The third-order valence-corrected chi connectivity index (χ3v) is 2.63. The molecule has 0 saturated carbocycles. The van der Waals surface area contributed by atoms with Gasteiger partial charge in [0, 0.05) is 30.6 Å². The molecule has 0 aliphatic rings. The Balaban J connectivity index is 2.25. The third kappa shape index (κ3) is 2.63. The van der Waals surface area contributed by atoms with Crippen LogP contribution in [-0.4, -0.2) is 14.5 Å². The summed E-state index contributed by atoms with van der Waals surface area (Å²) < 4.78 is 1.88. The van der Waals surface area contributed by atoms with Crippen LogP contribution in [0.1, 0.15) is 18.9 Å². The maximum absolute atomic E-state index is 10.7. The molecule has 0 atom stereocenters. The molecule has 5 nitrogen and oxygen atoms in total. The predicted molar refractivity (Wildman–Crippen MR) is 68.8 cm³/mol. The number of nitrogens with zero attached hydrogens (tertiary/aromatic N) is 3. The second kappa shape index (κ2) is 5.27. The lowest BCUT2D eigenvalue weighted by Crippen LogP contribution is -1.96. The number of allylic oxidation sites excluding steroid dienone is 1. The van der Waals surface area contributed by atoms with E-state index in [9.17, 15) is 10.1 Å². The first-order valence-corrected chi connectivity index (χ1v) is 5.64. The first kappa shape index (κ1) is 12.0. The Morgan fingerprint density at radius 1 is 1.44 bits per heavy atom. The summed E-state index contributed by atoms with van der Waals surface area (Å²) in [4.78, 5) is 14.3. The minimum Gasteiger partial charge on any atom is -0.306 e. The minimum absolute atomic E-state index is 0.213. The third-order valence-electron chi connectivity index (χ3n) is 2.63. The molecule has 2 rings (SSSR count). The molecule has 1 aromatic carbocycles. The van der Waals surface area contributed by atoms with Crippen LogP contribution in [0.3, 0.4) is 0 Å². The summed E-state index contributed by atoms with van der Waals surface area (Å²) in [7, 11) is 0. The second-order valence-electron chi connectivity index (χ2n) is 3.81. The van der Waals surface area contributed by atoms with Crippen LogP contribution in [0.2, 0.25) is 0 Å². The van der Waals surface area contributed by atoms with Crippen molar-refractivity contribution in [2.45, 2.75) is 13.3 Å². The van der Waals surface area contributed by atoms with Gasteiger partial charge in [0.15, 0.2) is 0 Å². The summed E-state index contributed by atoms with van der Waals surface area (Å²) in [6, 6.07) is 7.52. The molecule has 0 aliphatic carbocycles. The van der Waals surface area contributed by atoms with Crippen LogP contribution >= 0.6 is 0 Å². The smallest absolute Gasteiger partial charge is 0.246 e. The van der Waals surface area contributed by atoms with Crippen molar-refractivity contribution in [3.63, 3.8) is 0 Å². The van der Waals surface area contributed by atoms with Gasteiger partial charge in [0.2, 0.25) is 5.70 Å². The van der Waals surface area contributed by atoms with E-state index in [2.05, 4.69) is 4.98 Å². The molecule has 5 heteroatoms. The number of rotatable bonds is 4. The lowest BCUT2D eigenvalue weighted by Gasteiger charge is -2.02. The largest absolute Gasteiger partial charge is 0.306 e. The Labute approximate surface area is 105 Å². The Bertz CT molecular complexity index is 556. The molecule has 1 heterocycles. The van der Waals surface area contributed by atoms with E-state index in [0.29, 0.717) is 6.42 Å². The molecular formula is C13H13N3O2. The predicted octanol–water partition coefficient (Wildman–Crippen LogP) is 2.90. The van der Waals surface area contributed by atoms with E-state index in [4.69, 9.17) is 0 Å². The zero-order valence-electron chi connectivity index (χ0n) is 9.98. The molecule has 0 amide bonds. The molecule has 0 saturated heterocycles. The Hall–Kier alpha value is -2.43. The van der Waals surface area contributed by atoms with Crippen LogP contribution in [0.15, 0.2) is 48.7 Å². The summed E-state index contributed by atoms with van der Waals surface area (Å²) in [6.45, 7) is 1.77. The van der Waals surface area contributed by atoms with Gasteiger partial charge in [-0.15, -0.1) is 0 Å². The first-order chi connectivity index (χ1) is 8.70. The molecule has 0 N–H and O–H groups in total. The SMILES string of the molecule is CCC(=Cc1ccc(-n2ccnc2)cc1)[N+](=O)[O-]. The maximum Gasteiger partial charge on any atom is 0.246 e. The molecule has 1 aromatic heterocycles. The summed E-state index contributed by atoms with van der Waals surface area (Å²) in [5.41, 5.74) is 2.02. The first-order valence-electron chi connectivity index (χ1n) is 5.64. The average molecular weight is 243 g/mol. The van der Waals surface area contributed by atoms with Crippen molar-refractivity contribution >= 4 is 6.08 Å². The zero-order valence-corrected chi connectivity index (χ0v) is 9.98. The fourth-order valence-corrected chi connectivity index (χ4v) is 1.63. The van der Waals surface area contributed by atoms with E-state index >= 15 is 0 Å². The molecule has 2 aromatic rings. The summed E-state index contributed by atoms with van der Waals surface area (Å²) in [5.74, 6) is 0. The van der Waals surface area contributed by atoms with Crippen molar-refractivity contribution in [2.24, 2.45) is 0 Å². The molecule has 0 aliphatic heterocycles. The van der Waals surface area contributed by atoms with Crippen LogP contribution in [0.25, 0.3) is 11.8 Å². The number of hydrogen-bond acceptors (Lipinski definition) is 3. The minimum atomic E-state index is -0.343. The monoisotopic (exact) mass is 243 g/mol. The molecular weight excluding hydrogens is 230 g/mol. The molecule has 0 radical (unpaired) electrons. The van der Waals surface area contributed by atoms with Crippen molar-refractivity contribution in [1.82, 2.24) is 9.55 Å². The highest BCUT2D eigenvalue weighted by Crippen LogP contribution is 2.13. The van der Waals surface area contributed by atoms with Crippen LogP contribution in [0.5, 0.6) is 0 Å². The van der Waals surface area contributed by atoms with Gasteiger partial charge in [-0.1, -0.05) is 19.1 Å². The lowest BCUT2D eigenvalue weighted by atomic mass is 10.1. The van der Waals surface area contributed by atoms with Gasteiger partial charge in [-0.25, -0.2) is 4.98 Å². The van der Waals surface area contributed by atoms with Gasteiger partial charge in [-0.3, -0.25) is 10.1 Å². The highest BCUT2D eigenvalue weighted by Gasteiger charge is 2.06. The highest BCUT2D eigenvalue weighted by atomic mass is 16.6. The lowest BCUT2D eigenvalue weighted by molar-refractivity contribution is -0.425. The van der Waals surface area contributed by atoms with Crippen LogP contribution in [-0.2, 0) is 0 Å². The fraction of sp³-hybridized carbons (Fsp3) is 0.154. The standard InChI is InChI=1S/C13H13N3O2/c1-2-12(16(17)18)9-11-3-5-13(6-4-11)15-8-7-14-10-15/h3-10H,2H2,1H3. The molecule has 0 bridgehead atoms. The van der Waals surface area contributed by atoms with E-state index in [-0.39, 0.29) is 10.6 Å². The van der Waals surface area contributed by atoms with Crippen LogP contribution in [0, 0.1) is 10.1 Å². The van der Waals surface area contributed by atoms with Gasteiger partial charge in [0.05, 0.1) is 11.3 Å². The van der Waals surface area contributed by atoms with E-state index < -0.39 is 0 Å².